The SMILES string of the molecule is COc1ccc(CC[C@@H]2NC(=O)c3ccccc3O2)cc1OC. The second kappa shape index (κ2) is 6.60. The number of carbonyl (C=O) groups excluding carboxylic acids is 1. The van der Waals surface area contributed by atoms with Gasteiger partial charge in [-0.1, -0.05) is 18.2 Å². The van der Waals surface area contributed by atoms with Gasteiger partial charge in [-0.05, 0) is 36.2 Å². The van der Waals surface area contributed by atoms with Gasteiger partial charge in [-0.2, -0.15) is 0 Å². The predicted molar refractivity (Wildman–Crippen MR) is 86.2 cm³/mol. The van der Waals surface area contributed by atoms with Crippen LogP contribution in [0.25, 0.3) is 0 Å². The molecule has 1 aliphatic heterocycles. The average molecular weight is 313 g/mol. The Bertz CT molecular complexity index is 714. The molecule has 0 fully saturated rings. The highest BCUT2D eigenvalue weighted by molar-refractivity contribution is 5.97. The van der Waals surface area contributed by atoms with Crippen LogP contribution in [0.15, 0.2) is 42.5 Å². The highest BCUT2D eigenvalue weighted by atomic mass is 16.5. The summed E-state index contributed by atoms with van der Waals surface area (Å²) in [5, 5.41) is 2.88. The van der Waals surface area contributed by atoms with Gasteiger partial charge in [-0.25, -0.2) is 0 Å². The van der Waals surface area contributed by atoms with Crippen LogP contribution in [0.5, 0.6) is 17.2 Å². The Hall–Kier alpha value is -2.69. The third-order valence-electron chi connectivity index (χ3n) is 3.84. The van der Waals surface area contributed by atoms with Crippen LogP contribution >= 0.6 is 0 Å². The van der Waals surface area contributed by atoms with E-state index in [0.29, 0.717) is 29.2 Å². The summed E-state index contributed by atoms with van der Waals surface area (Å²) in [5.41, 5.74) is 1.68. The van der Waals surface area contributed by atoms with Crippen molar-refractivity contribution in [3.05, 3.63) is 53.6 Å². The van der Waals surface area contributed by atoms with Crippen LogP contribution in [0.4, 0.5) is 0 Å². The van der Waals surface area contributed by atoms with E-state index in [9.17, 15) is 4.79 Å². The average Bonchev–Trinajstić information content (AvgIpc) is 2.59. The lowest BCUT2D eigenvalue weighted by atomic mass is 10.1. The summed E-state index contributed by atoms with van der Waals surface area (Å²) >= 11 is 0. The number of carbonyl (C=O) groups is 1. The van der Waals surface area contributed by atoms with Crippen LogP contribution in [0.3, 0.4) is 0 Å². The van der Waals surface area contributed by atoms with Crippen LogP contribution in [0, 0.1) is 0 Å². The third kappa shape index (κ3) is 3.23. The lowest BCUT2D eigenvalue weighted by Crippen LogP contribution is -2.43. The van der Waals surface area contributed by atoms with Gasteiger partial charge in [0.25, 0.3) is 5.91 Å². The number of fused-ring (bicyclic) bond motifs is 1. The zero-order valence-corrected chi connectivity index (χ0v) is 13.2. The highest BCUT2D eigenvalue weighted by Gasteiger charge is 2.24. The van der Waals surface area contributed by atoms with Crippen molar-refractivity contribution < 1.29 is 19.0 Å². The van der Waals surface area contributed by atoms with Crippen molar-refractivity contribution in [2.24, 2.45) is 0 Å². The first-order valence-corrected chi connectivity index (χ1v) is 7.48. The maximum atomic E-state index is 12.1. The topological polar surface area (TPSA) is 56.8 Å². The number of hydrogen-bond donors (Lipinski definition) is 1. The Labute approximate surface area is 135 Å². The molecule has 1 aliphatic rings. The van der Waals surface area contributed by atoms with Crippen molar-refractivity contribution in [3.8, 4) is 17.2 Å². The van der Waals surface area contributed by atoms with Crippen molar-refractivity contribution in [1.29, 1.82) is 0 Å². The van der Waals surface area contributed by atoms with Gasteiger partial charge in [0.2, 0.25) is 0 Å². The minimum Gasteiger partial charge on any atom is -0.493 e. The maximum Gasteiger partial charge on any atom is 0.257 e. The fraction of sp³-hybridized carbons (Fsp3) is 0.278. The normalized spacial score (nSPS) is 16.1. The van der Waals surface area contributed by atoms with Crippen LogP contribution in [0.1, 0.15) is 22.3 Å². The van der Waals surface area contributed by atoms with Gasteiger partial charge in [0.05, 0.1) is 19.8 Å². The Balaban J connectivity index is 1.67. The number of rotatable bonds is 5. The van der Waals surface area contributed by atoms with E-state index >= 15 is 0 Å². The number of benzene rings is 2. The van der Waals surface area contributed by atoms with Crippen molar-refractivity contribution in [2.45, 2.75) is 19.1 Å². The fourth-order valence-electron chi connectivity index (χ4n) is 2.63. The third-order valence-corrected chi connectivity index (χ3v) is 3.84. The second-order valence-corrected chi connectivity index (χ2v) is 5.30. The van der Waals surface area contributed by atoms with E-state index in [1.165, 1.54) is 0 Å². The van der Waals surface area contributed by atoms with Gasteiger partial charge in [0, 0.05) is 6.42 Å². The molecule has 0 aromatic heterocycles. The number of para-hydroxylation sites is 1. The van der Waals surface area contributed by atoms with Gasteiger partial charge in [0.1, 0.15) is 5.75 Å². The number of methoxy groups -OCH3 is 2. The molecule has 0 saturated carbocycles. The Morgan fingerprint density at radius 2 is 1.87 bits per heavy atom. The fourth-order valence-corrected chi connectivity index (χ4v) is 2.63. The summed E-state index contributed by atoms with van der Waals surface area (Å²) in [6.07, 6.45) is 1.11. The number of aryl methyl sites for hydroxylation is 1. The molecule has 5 nitrogen and oxygen atoms in total. The lowest BCUT2D eigenvalue weighted by molar-refractivity contribution is 0.0741. The lowest BCUT2D eigenvalue weighted by Gasteiger charge is -2.26. The molecule has 0 radical (unpaired) electrons. The molecular formula is C18H19NO4. The standard InChI is InChI=1S/C18H19NO4/c1-21-15-9-7-12(11-16(15)22-2)8-10-17-19-18(20)13-5-3-4-6-14(13)23-17/h3-7,9,11,17H,8,10H2,1-2H3,(H,19,20)/t17-/m1/s1. The van der Waals surface area contributed by atoms with Crippen LogP contribution in [-0.2, 0) is 6.42 Å². The second-order valence-electron chi connectivity index (χ2n) is 5.30. The largest absolute Gasteiger partial charge is 0.493 e. The molecule has 0 spiro atoms. The minimum atomic E-state index is -0.328. The summed E-state index contributed by atoms with van der Waals surface area (Å²) in [6.45, 7) is 0. The maximum absolute atomic E-state index is 12.1. The number of amides is 1. The molecule has 23 heavy (non-hydrogen) atoms. The Morgan fingerprint density at radius 1 is 1.09 bits per heavy atom. The zero-order chi connectivity index (χ0) is 16.2. The number of ether oxygens (including phenoxy) is 3. The van der Waals surface area contributed by atoms with Gasteiger partial charge in [-0.15, -0.1) is 0 Å². The van der Waals surface area contributed by atoms with Crippen molar-refractivity contribution >= 4 is 5.91 Å². The summed E-state index contributed by atoms with van der Waals surface area (Å²) in [6, 6.07) is 13.1. The zero-order valence-electron chi connectivity index (χ0n) is 13.2. The first kappa shape index (κ1) is 15.2. The summed E-state index contributed by atoms with van der Waals surface area (Å²) in [4.78, 5) is 12.1. The summed E-state index contributed by atoms with van der Waals surface area (Å²) in [7, 11) is 3.23. The molecule has 120 valence electrons. The van der Waals surface area contributed by atoms with Gasteiger partial charge in [0.15, 0.2) is 17.7 Å². The molecule has 2 aromatic rings. The molecule has 0 unspecified atom stereocenters. The molecule has 0 bridgehead atoms. The van der Waals surface area contributed by atoms with Crippen LogP contribution < -0.4 is 19.5 Å². The molecule has 3 rings (SSSR count). The molecule has 0 saturated heterocycles. The Morgan fingerprint density at radius 3 is 2.65 bits per heavy atom. The molecule has 2 aromatic carbocycles. The summed E-state index contributed by atoms with van der Waals surface area (Å²) < 4.78 is 16.4. The van der Waals surface area contributed by atoms with E-state index < -0.39 is 0 Å². The molecule has 1 amide bonds. The first-order chi connectivity index (χ1) is 11.2. The van der Waals surface area contributed by atoms with Crippen molar-refractivity contribution in [1.82, 2.24) is 5.32 Å². The number of nitrogens with one attached hydrogen (secondary N) is 1. The minimum absolute atomic E-state index is 0.0934. The summed E-state index contributed by atoms with van der Waals surface area (Å²) in [5.74, 6) is 1.94. The van der Waals surface area contributed by atoms with Gasteiger partial charge >= 0.3 is 0 Å². The highest BCUT2D eigenvalue weighted by Crippen LogP contribution is 2.29. The quantitative estimate of drug-likeness (QED) is 0.922. The molecule has 1 atom stereocenters. The molecule has 1 N–H and O–H groups in total. The van der Waals surface area contributed by atoms with E-state index in [0.717, 1.165) is 12.0 Å². The van der Waals surface area contributed by atoms with E-state index in [2.05, 4.69) is 5.32 Å². The smallest absolute Gasteiger partial charge is 0.257 e. The van der Waals surface area contributed by atoms with E-state index in [1.54, 1.807) is 20.3 Å². The first-order valence-electron chi connectivity index (χ1n) is 7.48. The predicted octanol–water partition coefficient (Wildman–Crippen LogP) is 2.78. The van der Waals surface area contributed by atoms with E-state index in [4.69, 9.17) is 14.2 Å². The van der Waals surface area contributed by atoms with Crippen LogP contribution in [0.2, 0.25) is 0 Å². The molecule has 5 heteroatoms. The molecule has 0 aliphatic carbocycles. The van der Waals surface area contributed by atoms with Crippen molar-refractivity contribution in [3.63, 3.8) is 0 Å². The van der Waals surface area contributed by atoms with E-state index in [-0.39, 0.29) is 12.1 Å². The van der Waals surface area contributed by atoms with Gasteiger partial charge in [-0.3, -0.25) is 4.79 Å². The van der Waals surface area contributed by atoms with Crippen LogP contribution in [-0.4, -0.2) is 26.4 Å². The molecular weight excluding hydrogens is 294 g/mol. The van der Waals surface area contributed by atoms with Crippen molar-refractivity contribution in [2.75, 3.05) is 14.2 Å². The monoisotopic (exact) mass is 313 g/mol. The Kier molecular flexibility index (Phi) is 4.37. The van der Waals surface area contributed by atoms with E-state index in [1.807, 2.05) is 36.4 Å². The molecule has 1 heterocycles. The van der Waals surface area contributed by atoms with Gasteiger partial charge < -0.3 is 19.5 Å². The number of hydrogen-bond acceptors (Lipinski definition) is 4.